The van der Waals surface area contributed by atoms with Crippen molar-refractivity contribution in [3.8, 4) is 6.07 Å². The summed E-state index contributed by atoms with van der Waals surface area (Å²) in [6.45, 7) is 1.86. The molecule has 0 radical (unpaired) electrons. The normalized spacial score (nSPS) is 21.0. The number of rotatable bonds is 4. The highest BCUT2D eigenvalue weighted by Gasteiger charge is 2.32. The van der Waals surface area contributed by atoms with E-state index in [4.69, 9.17) is 0 Å². The molecule has 1 fully saturated rings. The summed E-state index contributed by atoms with van der Waals surface area (Å²) in [4.78, 5) is 6.99. The maximum atomic E-state index is 9.55. The molecule has 4 heterocycles. The average molecular weight is 349 g/mol. The Morgan fingerprint density at radius 3 is 2.96 bits per heavy atom. The van der Waals surface area contributed by atoms with E-state index in [9.17, 15) is 5.26 Å². The van der Waals surface area contributed by atoms with Gasteiger partial charge in [-0.15, -0.1) is 0 Å². The zero-order valence-corrected chi connectivity index (χ0v) is 15.1. The molecule has 7 heteroatoms. The van der Waals surface area contributed by atoms with Crippen molar-refractivity contribution in [1.29, 1.82) is 5.26 Å². The lowest BCUT2D eigenvalue weighted by molar-refractivity contribution is 0.121. The Hall–Kier alpha value is -2.85. The van der Waals surface area contributed by atoms with Crippen LogP contribution in [-0.2, 0) is 7.05 Å². The van der Waals surface area contributed by atoms with E-state index in [-0.39, 0.29) is 0 Å². The average Bonchev–Trinajstić information content (AvgIpc) is 3.22. The van der Waals surface area contributed by atoms with Gasteiger partial charge in [-0.05, 0) is 50.6 Å². The smallest absolute Gasteiger partial charge is 0.168 e. The molecule has 0 amide bonds. The summed E-state index contributed by atoms with van der Waals surface area (Å²) in [5.74, 6) is 1.09. The number of anilines is 1. The molecule has 1 saturated heterocycles. The van der Waals surface area contributed by atoms with Crippen molar-refractivity contribution in [3.63, 3.8) is 0 Å². The predicted octanol–water partition coefficient (Wildman–Crippen LogP) is 2.43. The van der Waals surface area contributed by atoms with Gasteiger partial charge in [-0.1, -0.05) is 6.07 Å². The van der Waals surface area contributed by atoms with Crippen LogP contribution >= 0.6 is 0 Å². The first kappa shape index (κ1) is 16.6. The Bertz CT molecular complexity index is 948. The van der Waals surface area contributed by atoms with Gasteiger partial charge in [0.15, 0.2) is 11.5 Å². The van der Waals surface area contributed by atoms with Gasteiger partial charge >= 0.3 is 0 Å². The van der Waals surface area contributed by atoms with Crippen molar-refractivity contribution in [2.75, 3.05) is 25.5 Å². The number of fused-ring (bicyclic) bond motifs is 1. The van der Waals surface area contributed by atoms with Crippen molar-refractivity contribution >= 4 is 11.5 Å². The molecule has 26 heavy (non-hydrogen) atoms. The number of nitrogens with zero attached hydrogens (tertiary/aromatic N) is 6. The van der Waals surface area contributed by atoms with E-state index in [2.05, 4.69) is 39.5 Å². The molecule has 134 valence electrons. The van der Waals surface area contributed by atoms with E-state index in [1.165, 1.54) is 12.1 Å². The first-order chi connectivity index (χ1) is 12.7. The van der Waals surface area contributed by atoms with Gasteiger partial charge in [0.25, 0.3) is 0 Å². The second kappa shape index (κ2) is 6.81. The van der Waals surface area contributed by atoms with Crippen molar-refractivity contribution in [3.05, 3.63) is 48.0 Å². The number of hydrogen-bond acceptors (Lipinski definition) is 5. The monoisotopic (exact) mass is 349 g/mol. The Balaban J connectivity index is 1.58. The highest BCUT2D eigenvalue weighted by Crippen LogP contribution is 2.35. The number of piperidine rings is 1. The van der Waals surface area contributed by atoms with Crippen LogP contribution in [0.1, 0.15) is 30.3 Å². The van der Waals surface area contributed by atoms with Crippen LogP contribution in [-0.4, -0.2) is 44.2 Å². The summed E-state index contributed by atoms with van der Waals surface area (Å²) in [6, 6.07) is 10.4. The Labute approximate surface area is 152 Å². The number of aryl methyl sites for hydroxylation is 1. The number of likely N-dealkylation sites (tertiary alicyclic amines) is 1. The summed E-state index contributed by atoms with van der Waals surface area (Å²) >= 11 is 0. The number of nitriles is 1. The molecule has 0 spiro atoms. The minimum Gasteiger partial charge on any atom is -0.367 e. The molecule has 1 aliphatic rings. The number of pyridine rings is 1. The van der Waals surface area contributed by atoms with Crippen molar-refractivity contribution < 1.29 is 0 Å². The molecule has 0 unspecified atom stereocenters. The van der Waals surface area contributed by atoms with Gasteiger partial charge in [0.2, 0.25) is 0 Å². The summed E-state index contributed by atoms with van der Waals surface area (Å²) in [7, 11) is 4.17. The summed E-state index contributed by atoms with van der Waals surface area (Å²) in [6.07, 6.45) is 6.05. The third-order valence-electron chi connectivity index (χ3n) is 5.34. The van der Waals surface area contributed by atoms with Crippen LogP contribution in [0, 0.1) is 17.2 Å². The van der Waals surface area contributed by atoms with E-state index in [1.54, 1.807) is 0 Å². The molecule has 0 aliphatic carbocycles. The second-order valence-corrected chi connectivity index (χ2v) is 6.94. The lowest BCUT2D eigenvalue weighted by atomic mass is 9.87. The van der Waals surface area contributed by atoms with Gasteiger partial charge in [0.05, 0.1) is 11.7 Å². The summed E-state index contributed by atoms with van der Waals surface area (Å²) < 4.78 is 3.79. The number of aromatic nitrogens is 4. The molecule has 7 nitrogen and oxygen atoms in total. The Kier molecular flexibility index (Phi) is 4.35. The van der Waals surface area contributed by atoms with Crippen molar-refractivity contribution in [2.24, 2.45) is 13.0 Å². The summed E-state index contributed by atoms with van der Waals surface area (Å²) in [5.41, 5.74) is 2.58. The molecular formula is C19H23N7. The maximum Gasteiger partial charge on any atom is 0.168 e. The van der Waals surface area contributed by atoms with Gasteiger partial charge in [0, 0.05) is 26.0 Å². The first-order valence-electron chi connectivity index (χ1n) is 8.98. The van der Waals surface area contributed by atoms with Crippen LogP contribution < -0.4 is 5.32 Å². The van der Waals surface area contributed by atoms with Gasteiger partial charge in [-0.2, -0.15) is 10.4 Å². The number of nitrogens with one attached hydrogen (secondary N) is 1. The van der Waals surface area contributed by atoms with E-state index < -0.39 is 0 Å². The van der Waals surface area contributed by atoms with Gasteiger partial charge < -0.3 is 5.32 Å². The maximum absolute atomic E-state index is 9.55. The van der Waals surface area contributed by atoms with E-state index in [0.717, 1.165) is 25.2 Å². The summed E-state index contributed by atoms with van der Waals surface area (Å²) in [5, 5.41) is 17.3. The first-order valence-corrected chi connectivity index (χ1v) is 8.98. The fraction of sp³-hybridized carbons (Fsp3) is 0.421. The van der Waals surface area contributed by atoms with Crippen molar-refractivity contribution in [1.82, 2.24) is 24.1 Å². The number of imidazole rings is 1. The van der Waals surface area contributed by atoms with Crippen LogP contribution in [0.5, 0.6) is 0 Å². The zero-order valence-electron chi connectivity index (χ0n) is 15.1. The van der Waals surface area contributed by atoms with E-state index in [1.807, 2.05) is 46.7 Å². The SMILES string of the molecule is CN1CCC[C@@H](CNc2nc3ccccn3c2C#N)[C@@H]1c1ccnn1C. The van der Waals surface area contributed by atoms with Crippen LogP contribution in [0.2, 0.25) is 0 Å². The zero-order chi connectivity index (χ0) is 18.1. The third-order valence-corrected chi connectivity index (χ3v) is 5.34. The molecule has 1 aliphatic heterocycles. The Morgan fingerprint density at radius 2 is 2.19 bits per heavy atom. The lowest BCUT2D eigenvalue weighted by Crippen LogP contribution is -2.40. The fourth-order valence-corrected chi connectivity index (χ4v) is 4.07. The molecule has 0 saturated carbocycles. The lowest BCUT2D eigenvalue weighted by Gasteiger charge is -2.39. The Morgan fingerprint density at radius 1 is 1.31 bits per heavy atom. The molecule has 0 aromatic carbocycles. The van der Waals surface area contributed by atoms with E-state index in [0.29, 0.717) is 23.5 Å². The quantitative estimate of drug-likeness (QED) is 0.783. The van der Waals surface area contributed by atoms with Crippen LogP contribution in [0.3, 0.4) is 0 Å². The molecule has 3 aromatic rings. The molecule has 3 aromatic heterocycles. The molecule has 4 rings (SSSR count). The van der Waals surface area contributed by atoms with Crippen LogP contribution in [0.4, 0.5) is 5.82 Å². The van der Waals surface area contributed by atoms with E-state index >= 15 is 0 Å². The minimum absolute atomic E-state index is 0.311. The predicted molar refractivity (Wildman–Crippen MR) is 99.7 cm³/mol. The van der Waals surface area contributed by atoms with Gasteiger partial charge in [-0.25, -0.2) is 4.98 Å². The van der Waals surface area contributed by atoms with Crippen LogP contribution in [0.25, 0.3) is 5.65 Å². The van der Waals surface area contributed by atoms with Gasteiger partial charge in [-0.3, -0.25) is 14.0 Å². The second-order valence-electron chi connectivity index (χ2n) is 6.94. The largest absolute Gasteiger partial charge is 0.367 e. The van der Waals surface area contributed by atoms with Crippen molar-refractivity contribution in [2.45, 2.75) is 18.9 Å². The highest BCUT2D eigenvalue weighted by atomic mass is 15.3. The molecule has 1 N–H and O–H groups in total. The molecule has 0 bridgehead atoms. The van der Waals surface area contributed by atoms with Gasteiger partial charge in [0.1, 0.15) is 11.7 Å². The standard InChI is InChI=1S/C19H23N7/c1-24-10-5-6-14(18(24)15-8-9-22-25(15)2)13-21-19-16(12-20)26-11-4-3-7-17(26)23-19/h3-4,7-9,11,14,18,21H,5-6,10,13H2,1-2H3/t14-,18+/m0/s1. The number of hydrogen-bond donors (Lipinski definition) is 1. The highest BCUT2D eigenvalue weighted by molar-refractivity contribution is 5.58. The third kappa shape index (κ3) is 2.82. The minimum atomic E-state index is 0.311. The topological polar surface area (TPSA) is 74.2 Å². The molecule has 2 atom stereocenters. The fourth-order valence-electron chi connectivity index (χ4n) is 4.07. The molecular weight excluding hydrogens is 326 g/mol. The van der Waals surface area contributed by atoms with Crippen LogP contribution in [0.15, 0.2) is 36.7 Å².